The number of fused-ring (bicyclic) bond motifs is 1. The zero-order valence-electron chi connectivity index (χ0n) is 17.4. The number of carbonyl (C=O) groups excluding carboxylic acids is 1. The lowest BCUT2D eigenvalue weighted by molar-refractivity contribution is 0.0969. The van der Waals surface area contributed by atoms with Gasteiger partial charge in [0.1, 0.15) is 5.52 Å². The van der Waals surface area contributed by atoms with Gasteiger partial charge in [-0.15, -0.1) is 0 Å². The number of morpholine rings is 1. The summed E-state index contributed by atoms with van der Waals surface area (Å²) in [5.74, 6) is 1.16. The highest BCUT2D eigenvalue weighted by Gasteiger charge is 2.31. The molecular weight excluding hydrogens is 396 g/mol. The molecule has 0 radical (unpaired) electrons. The molecule has 2 aliphatic rings. The van der Waals surface area contributed by atoms with Crippen molar-refractivity contribution in [3.8, 4) is 0 Å². The molecule has 1 aromatic carbocycles. The molecule has 30 heavy (non-hydrogen) atoms. The van der Waals surface area contributed by atoms with Gasteiger partial charge in [0, 0.05) is 42.2 Å². The van der Waals surface area contributed by atoms with E-state index in [1.54, 1.807) is 11.8 Å². The predicted molar refractivity (Wildman–Crippen MR) is 119 cm³/mol. The predicted octanol–water partition coefficient (Wildman–Crippen LogP) is 4.30. The van der Waals surface area contributed by atoms with Crippen molar-refractivity contribution in [3.63, 3.8) is 0 Å². The number of rotatable bonds is 6. The number of nitrogens with zero attached hydrogens (tertiary/aromatic N) is 3. The first kappa shape index (κ1) is 19.6. The molecule has 6 nitrogen and oxygen atoms in total. The Kier molecular flexibility index (Phi) is 5.25. The maximum absolute atomic E-state index is 12.6. The van der Waals surface area contributed by atoms with E-state index in [0.717, 1.165) is 72.3 Å². The Labute approximate surface area is 180 Å². The minimum absolute atomic E-state index is 0.196. The quantitative estimate of drug-likeness (QED) is 0.472. The van der Waals surface area contributed by atoms with E-state index in [1.165, 1.54) is 16.8 Å². The molecule has 1 N–H and O–H groups in total. The van der Waals surface area contributed by atoms with Crippen LogP contribution in [0.1, 0.15) is 40.0 Å². The molecule has 0 unspecified atom stereocenters. The third-order valence-electron chi connectivity index (χ3n) is 5.95. The Hall–Kier alpha value is -2.38. The average molecular weight is 423 g/mol. The molecule has 1 saturated heterocycles. The van der Waals surface area contributed by atoms with E-state index in [-0.39, 0.29) is 11.7 Å². The van der Waals surface area contributed by atoms with E-state index in [4.69, 9.17) is 14.7 Å². The molecule has 3 heterocycles. The second-order valence-electron chi connectivity index (χ2n) is 8.13. The fourth-order valence-electron chi connectivity index (χ4n) is 4.16. The lowest BCUT2D eigenvalue weighted by Crippen LogP contribution is -2.37. The van der Waals surface area contributed by atoms with Gasteiger partial charge in [-0.3, -0.25) is 9.78 Å². The van der Waals surface area contributed by atoms with Crippen molar-refractivity contribution in [1.82, 2.24) is 15.0 Å². The summed E-state index contributed by atoms with van der Waals surface area (Å²) in [7, 11) is 0. The number of H-pyrrole nitrogens is 1. The largest absolute Gasteiger partial charge is 0.378 e. The zero-order chi connectivity index (χ0) is 20.7. The minimum Gasteiger partial charge on any atom is -0.378 e. The number of nitrogens with one attached hydrogen (secondary N) is 1. The first-order chi connectivity index (χ1) is 14.6. The van der Waals surface area contributed by atoms with Gasteiger partial charge in [-0.25, -0.2) is 4.98 Å². The van der Waals surface area contributed by atoms with Crippen molar-refractivity contribution in [3.05, 3.63) is 46.8 Å². The summed E-state index contributed by atoms with van der Waals surface area (Å²) >= 11 is 1.64. The van der Waals surface area contributed by atoms with Crippen LogP contribution in [0.2, 0.25) is 0 Å². The summed E-state index contributed by atoms with van der Waals surface area (Å²) in [5.41, 5.74) is 7.25. The molecule has 0 bridgehead atoms. The fourth-order valence-corrected chi connectivity index (χ4v) is 5.07. The summed E-state index contributed by atoms with van der Waals surface area (Å²) in [5, 5.41) is 0.829. The number of aryl methyl sites for hydroxylation is 1. The van der Waals surface area contributed by atoms with E-state index in [1.807, 2.05) is 24.4 Å². The Bertz CT molecular complexity index is 1100. The molecule has 156 valence electrons. The average Bonchev–Trinajstić information content (AvgIpc) is 3.52. The number of hydrogen-bond acceptors (Lipinski definition) is 6. The van der Waals surface area contributed by atoms with Gasteiger partial charge >= 0.3 is 0 Å². The van der Waals surface area contributed by atoms with Crippen LogP contribution in [0.3, 0.4) is 0 Å². The molecule has 2 fully saturated rings. The number of imidazole rings is 1. The van der Waals surface area contributed by atoms with Crippen LogP contribution in [0.25, 0.3) is 11.0 Å². The number of benzene rings is 1. The maximum Gasteiger partial charge on any atom is 0.168 e. The van der Waals surface area contributed by atoms with Crippen molar-refractivity contribution < 1.29 is 9.53 Å². The number of aromatic nitrogens is 3. The third kappa shape index (κ3) is 3.72. The number of aromatic amines is 1. The van der Waals surface area contributed by atoms with E-state index in [2.05, 4.69) is 23.7 Å². The van der Waals surface area contributed by atoms with Crippen LogP contribution < -0.4 is 4.90 Å². The Morgan fingerprint density at radius 2 is 2.07 bits per heavy atom. The van der Waals surface area contributed by atoms with Crippen molar-refractivity contribution in [2.45, 2.75) is 37.6 Å². The van der Waals surface area contributed by atoms with Gasteiger partial charge in [-0.05, 0) is 49.9 Å². The van der Waals surface area contributed by atoms with Gasteiger partial charge in [0.05, 0.1) is 24.4 Å². The number of para-hydroxylation sites is 1. The third-order valence-corrected chi connectivity index (χ3v) is 6.84. The Morgan fingerprint density at radius 1 is 1.27 bits per heavy atom. The molecule has 1 aliphatic carbocycles. The van der Waals surface area contributed by atoms with Gasteiger partial charge < -0.3 is 14.6 Å². The van der Waals surface area contributed by atoms with Crippen LogP contribution in [0.15, 0.2) is 29.6 Å². The number of anilines is 1. The van der Waals surface area contributed by atoms with Crippen LogP contribution in [0.4, 0.5) is 5.69 Å². The van der Waals surface area contributed by atoms with Crippen molar-refractivity contribution in [1.29, 1.82) is 0 Å². The van der Waals surface area contributed by atoms with Crippen molar-refractivity contribution >= 4 is 34.3 Å². The van der Waals surface area contributed by atoms with Crippen molar-refractivity contribution in [2.24, 2.45) is 5.92 Å². The van der Waals surface area contributed by atoms with Crippen LogP contribution in [0.5, 0.6) is 0 Å². The number of Topliss-reactive ketones (excluding diaryl/α,β-unsaturated/α-hetero) is 1. The van der Waals surface area contributed by atoms with Gasteiger partial charge in [0.15, 0.2) is 10.9 Å². The number of ketones is 1. The van der Waals surface area contributed by atoms with E-state index < -0.39 is 0 Å². The lowest BCUT2D eigenvalue weighted by atomic mass is 10.1. The van der Waals surface area contributed by atoms with E-state index >= 15 is 0 Å². The van der Waals surface area contributed by atoms with E-state index in [0.29, 0.717) is 0 Å². The minimum atomic E-state index is 0.196. The molecule has 2 aromatic heterocycles. The zero-order valence-corrected chi connectivity index (χ0v) is 18.2. The number of ether oxygens (including phenoxy) is 1. The summed E-state index contributed by atoms with van der Waals surface area (Å²) in [4.78, 5) is 27.8. The summed E-state index contributed by atoms with van der Waals surface area (Å²) in [6, 6.07) is 5.82. The molecule has 0 spiro atoms. The second kappa shape index (κ2) is 8.04. The van der Waals surface area contributed by atoms with Gasteiger partial charge in [-0.1, -0.05) is 17.8 Å². The smallest absolute Gasteiger partial charge is 0.168 e. The summed E-state index contributed by atoms with van der Waals surface area (Å²) in [6.45, 7) is 7.66. The molecule has 0 amide bonds. The first-order valence-corrected chi connectivity index (χ1v) is 11.5. The van der Waals surface area contributed by atoms with E-state index in [9.17, 15) is 4.79 Å². The molecule has 5 rings (SSSR count). The van der Waals surface area contributed by atoms with Gasteiger partial charge in [0.25, 0.3) is 0 Å². The number of hydrogen-bond donors (Lipinski definition) is 1. The fraction of sp³-hybridized carbons (Fsp3) is 0.435. The summed E-state index contributed by atoms with van der Waals surface area (Å²) < 4.78 is 5.51. The van der Waals surface area contributed by atoms with Crippen LogP contribution in [-0.2, 0) is 10.5 Å². The highest BCUT2D eigenvalue weighted by Crippen LogP contribution is 2.35. The summed E-state index contributed by atoms with van der Waals surface area (Å²) in [6.07, 6.45) is 3.98. The Morgan fingerprint density at radius 3 is 2.83 bits per heavy atom. The van der Waals surface area contributed by atoms with Gasteiger partial charge in [0.2, 0.25) is 0 Å². The maximum atomic E-state index is 12.6. The second-order valence-corrected chi connectivity index (χ2v) is 9.10. The Balaban J connectivity index is 1.38. The number of pyridine rings is 1. The van der Waals surface area contributed by atoms with Crippen LogP contribution in [0, 0.1) is 19.8 Å². The van der Waals surface area contributed by atoms with Crippen LogP contribution in [-0.4, -0.2) is 47.0 Å². The van der Waals surface area contributed by atoms with Gasteiger partial charge in [-0.2, -0.15) is 0 Å². The number of thioether (sulfide) groups is 1. The molecule has 3 aromatic rings. The standard InChI is InChI=1S/C23H26N4O2S/c1-14-12-24-19(15(2)21(14)27-8-10-29-11-9-27)13-30-23-25-18-5-3-4-17(20(18)26-23)22(28)16-6-7-16/h3-5,12,16H,6-11,13H2,1-2H3,(H,25,26). The first-order valence-electron chi connectivity index (χ1n) is 10.6. The number of carbonyl (C=O) groups is 1. The molecule has 0 atom stereocenters. The SMILES string of the molecule is Cc1cnc(CSc2nc3c(C(=O)C4CC4)cccc3[nH]2)c(C)c1N1CCOCC1. The molecule has 1 saturated carbocycles. The highest BCUT2D eigenvalue weighted by atomic mass is 32.2. The molecular formula is C23H26N4O2S. The lowest BCUT2D eigenvalue weighted by Gasteiger charge is -2.32. The molecule has 7 heteroatoms. The highest BCUT2D eigenvalue weighted by molar-refractivity contribution is 7.98. The molecule has 1 aliphatic heterocycles. The topological polar surface area (TPSA) is 71.1 Å². The van der Waals surface area contributed by atoms with Crippen molar-refractivity contribution in [2.75, 3.05) is 31.2 Å². The normalized spacial score (nSPS) is 16.9. The van der Waals surface area contributed by atoms with Crippen LogP contribution >= 0.6 is 11.8 Å². The monoisotopic (exact) mass is 422 g/mol.